The Morgan fingerprint density at radius 3 is 1.75 bits per heavy atom. The number of nitrogens with one attached hydrogen (secondary N) is 6. The molecule has 1 aliphatic rings. The smallest absolute Gasteiger partial charge is 0.407 e. The highest BCUT2D eigenvalue weighted by Gasteiger charge is 2.34. The Kier molecular flexibility index (Phi) is 19.9. The molecule has 3 aromatic rings. The van der Waals surface area contributed by atoms with Gasteiger partial charge in [-0.15, -0.1) is 0 Å². The van der Waals surface area contributed by atoms with Crippen LogP contribution in [0, 0.1) is 5.92 Å². The third kappa shape index (κ3) is 17.3. The van der Waals surface area contributed by atoms with Gasteiger partial charge in [0, 0.05) is 24.6 Å². The zero-order chi connectivity index (χ0) is 50.2. The first kappa shape index (κ1) is 54.1. The van der Waals surface area contributed by atoms with E-state index >= 15 is 0 Å². The van der Waals surface area contributed by atoms with Crippen LogP contribution in [0.2, 0.25) is 0 Å². The summed E-state index contributed by atoms with van der Waals surface area (Å²) in [5.74, 6) is -3.86. The number of rotatable bonds is 22. The molecule has 0 spiro atoms. The van der Waals surface area contributed by atoms with Crippen molar-refractivity contribution in [3.63, 3.8) is 0 Å². The van der Waals surface area contributed by atoms with Gasteiger partial charge in [-0.1, -0.05) is 74.5 Å². The van der Waals surface area contributed by atoms with Crippen LogP contribution in [0.3, 0.4) is 0 Å². The van der Waals surface area contributed by atoms with Gasteiger partial charge in [0.2, 0.25) is 23.6 Å². The lowest BCUT2D eigenvalue weighted by Gasteiger charge is -2.28. The number of hydrogen-bond donors (Lipinski definition) is 7. The van der Waals surface area contributed by atoms with Gasteiger partial charge in [0.15, 0.2) is 0 Å². The summed E-state index contributed by atoms with van der Waals surface area (Å²) in [5.41, 5.74) is 3.77. The van der Waals surface area contributed by atoms with Gasteiger partial charge in [-0.05, 0) is 126 Å². The number of anilines is 1. The molecule has 17 nitrogen and oxygen atoms in total. The first-order valence-electron chi connectivity index (χ1n) is 23.3. The van der Waals surface area contributed by atoms with Gasteiger partial charge >= 0.3 is 18.2 Å². The quantitative estimate of drug-likeness (QED) is 0.0332. The maximum absolute atomic E-state index is 14.3. The summed E-state index contributed by atoms with van der Waals surface area (Å²) in [7, 11) is 0. The van der Waals surface area contributed by atoms with Crippen molar-refractivity contribution in [1.29, 1.82) is 0 Å². The van der Waals surface area contributed by atoms with Crippen LogP contribution >= 0.6 is 0 Å². The molecule has 7 N–H and O–H groups in total. The molecule has 0 aromatic heterocycles. The van der Waals surface area contributed by atoms with Crippen LogP contribution in [-0.4, -0.2) is 95.4 Å². The van der Waals surface area contributed by atoms with E-state index in [9.17, 15) is 38.7 Å². The van der Waals surface area contributed by atoms with E-state index in [1.165, 1.54) is 6.92 Å². The molecule has 4 rings (SSSR count). The number of alkyl carbamates (subject to hydrolysis) is 2. The van der Waals surface area contributed by atoms with E-state index < -0.39 is 83.1 Å². The van der Waals surface area contributed by atoms with Crippen LogP contribution < -0.4 is 31.9 Å². The second-order valence-electron chi connectivity index (χ2n) is 19.3. The minimum Gasteiger partial charge on any atom is -0.460 e. The van der Waals surface area contributed by atoms with Gasteiger partial charge in [0.25, 0.3) is 0 Å². The van der Waals surface area contributed by atoms with Crippen LogP contribution in [-0.2, 0) is 44.8 Å². The molecular weight excluding hydrogens is 873 g/mol. The second kappa shape index (κ2) is 25.0. The summed E-state index contributed by atoms with van der Waals surface area (Å²) in [6, 6.07) is 17.6. The molecule has 6 amide bonds. The molecule has 0 aliphatic heterocycles. The molecule has 0 radical (unpaired) electrons. The van der Waals surface area contributed by atoms with Crippen molar-refractivity contribution in [2.24, 2.45) is 5.92 Å². The summed E-state index contributed by atoms with van der Waals surface area (Å²) >= 11 is 0. The van der Waals surface area contributed by atoms with Gasteiger partial charge in [-0.25, -0.2) is 9.59 Å². The summed E-state index contributed by atoms with van der Waals surface area (Å²) in [6.07, 6.45) is -0.623. The van der Waals surface area contributed by atoms with Crippen LogP contribution in [0.4, 0.5) is 15.3 Å². The summed E-state index contributed by atoms with van der Waals surface area (Å²) in [5, 5.41) is 25.6. The summed E-state index contributed by atoms with van der Waals surface area (Å²) in [6.45, 7) is 15.4. The first-order valence-corrected chi connectivity index (χ1v) is 23.3. The number of benzene rings is 3. The van der Waals surface area contributed by atoms with E-state index in [1.54, 1.807) is 79.7 Å². The highest BCUT2D eigenvalue weighted by molar-refractivity contribution is 5.99. The van der Waals surface area contributed by atoms with Crippen LogP contribution in [0.5, 0.6) is 0 Å². The molecule has 3 aromatic carbocycles. The Morgan fingerprint density at radius 2 is 1.18 bits per heavy atom. The van der Waals surface area contributed by atoms with E-state index in [1.807, 2.05) is 48.5 Å². The van der Waals surface area contributed by atoms with Crippen molar-refractivity contribution in [2.75, 3.05) is 18.5 Å². The number of aliphatic hydroxyl groups excluding tert-OH is 1. The number of ether oxygens (including phenoxy) is 3. The van der Waals surface area contributed by atoms with Crippen LogP contribution in [0.1, 0.15) is 123 Å². The Balaban J connectivity index is 1.50. The maximum atomic E-state index is 14.3. The zero-order valence-corrected chi connectivity index (χ0v) is 40.8. The highest BCUT2D eigenvalue weighted by Crippen LogP contribution is 2.44. The van der Waals surface area contributed by atoms with E-state index in [2.05, 4.69) is 31.9 Å². The van der Waals surface area contributed by atoms with Crippen molar-refractivity contribution in [1.82, 2.24) is 26.6 Å². The molecule has 0 heterocycles. The zero-order valence-electron chi connectivity index (χ0n) is 40.8. The van der Waals surface area contributed by atoms with Crippen molar-refractivity contribution < 1.29 is 52.9 Å². The third-order valence-electron chi connectivity index (χ3n) is 10.9. The number of carbonyl (C=O) groups excluding carboxylic acids is 7. The molecular formula is C51H70N6O11. The minimum atomic E-state index is -1.29. The molecule has 4 atom stereocenters. The number of aliphatic hydroxyl groups is 1. The fourth-order valence-electron chi connectivity index (χ4n) is 7.51. The number of unbranched alkanes of at least 4 members (excludes halogenated alkanes) is 1. The van der Waals surface area contributed by atoms with Crippen LogP contribution in [0.25, 0.3) is 11.1 Å². The fraction of sp³-hybridized carbons (Fsp3) is 0.510. The molecule has 1 aliphatic carbocycles. The third-order valence-corrected chi connectivity index (χ3v) is 10.9. The van der Waals surface area contributed by atoms with Crippen molar-refractivity contribution in [3.05, 3.63) is 89.5 Å². The molecule has 0 saturated carbocycles. The normalized spacial score (nSPS) is 13.9. The van der Waals surface area contributed by atoms with Gasteiger partial charge in [0.1, 0.15) is 42.0 Å². The van der Waals surface area contributed by atoms with E-state index in [0.717, 1.165) is 22.3 Å². The lowest BCUT2D eigenvalue weighted by atomic mass is 9.98. The molecule has 68 heavy (non-hydrogen) atoms. The van der Waals surface area contributed by atoms with E-state index in [0.29, 0.717) is 24.1 Å². The van der Waals surface area contributed by atoms with Crippen molar-refractivity contribution >= 4 is 47.5 Å². The lowest BCUT2D eigenvalue weighted by Crippen LogP contribution is -2.59. The standard InChI is InChI=1S/C51H70N6O11/c1-31(2)43(47(63)53-32(3)44(60)54-34-26-24-33(29-58)25-27-34)57-46(62)40(22-16-23-42(59)67-50(4,5)6)55-45(61)41(21-14-15-28-52-48(64)68-51(7,8)9)56-49(65)66-30-39-37-19-12-10-17-35(37)36-18-11-13-20-38(36)39/h10-13,17-20,24-27,31-32,39-41,43,58H,14-16,21-23,28-30H2,1-9H3,(H,52,64)(H,53,63)(H,54,60)(H,55,61)(H,56,65)(H,57,62)/t32-,40-,41-,43-/m0/s1. The predicted octanol–water partition coefficient (Wildman–Crippen LogP) is 6.36. The average molecular weight is 943 g/mol. The Morgan fingerprint density at radius 1 is 0.618 bits per heavy atom. The SMILES string of the molecule is CC(C)[C@H](NC(=O)[C@H](CCCC(=O)OC(C)(C)C)NC(=O)[C@H](CCCCNC(=O)OC(C)(C)C)NC(=O)OCC1c2ccccc2-c2ccccc21)C(=O)N[C@@H](C)C(=O)Nc1ccc(CO)cc1. The van der Waals surface area contributed by atoms with E-state index in [-0.39, 0.29) is 51.4 Å². The minimum absolute atomic E-state index is 0.0135. The molecule has 0 saturated heterocycles. The van der Waals surface area contributed by atoms with Crippen molar-refractivity contribution in [3.8, 4) is 11.1 Å². The molecule has 0 bridgehead atoms. The molecule has 0 fully saturated rings. The number of fused-ring (bicyclic) bond motifs is 3. The first-order chi connectivity index (χ1) is 32.0. The van der Waals surface area contributed by atoms with Crippen LogP contribution in [0.15, 0.2) is 72.8 Å². The maximum Gasteiger partial charge on any atom is 0.407 e. The van der Waals surface area contributed by atoms with Gasteiger partial charge < -0.3 is 51.2 Å². The molecule has 370 valence electrons. The van der Waals surface area contributed by atoms with Gasteiger partial charge in [-0.3, -0.25) is 24.0 Å². The predicted molar refractivity (Wildman–Crippen MR) is 257 cm³/mol. The largest absolute Gasteiger partial charge is 0.460 e. The Bertz CT molecular complexity index is 2170. The topological polar surface area (TPSA) is 240 Å². The van der Waals surface area contributed by atoms with Crippen molar-refractivity contribution in [2.45, 2.75) is 149 Å². The second-order valence-corrected chi connectivity index (χ2v) is 19.3. The number of esters is 1. The summed E-state index contributed by atoms with van der Waals surface area (Å²) < 4.78 is 16.6. The number of carbonyl (C=O) groups is 7. The van der Waals surface area contributed by atoms with E-state index in [4.69, 9.17) is 14.2 Å². The number of amides is 6. The molecule has 0 unspecified atom stereocenters. The Hall–Kier alpha value is -6.49. The fourth-order valence-corrected chi connectivity index (χ4v) is 7.51. The molecule has 17 heteroatoms. The summed E-state index contributed by atoms with van der Waals surface area (Å²) in [4.78, 5) is 93.7. The number of hydrogen-bond acceptors (Lipinski definition) is 11. The lowest BCUT2D eigenvalue weighted by molar-refractivity contribution is -0.155. The Labute approximate surface area is 399 Å². The van der Waals surface area contributed by atoms with Gasteiger partial charge in [0.05, 0.1) is 6.61 Å². The highest BCUT2D eigenvalue weighted by atomic mass is 16.6. The monoisotopic (exact) mass is 943 g/mol. The average Bonchev–Trinajstić information content (AvgIpc) is 3.58. The van der Waals surface area contributed by atoms with Gasteiger partial charge in [-0.2, -0.15) is 0 Å².